The first-order valence-corrected chi connectivity index (χ1v) is 8.84. The smallest absolute Gasteiger partial charge is 0.170 e. The molecule has 130 valence electrons. The van der Waals surface area contributed by atoms with Crippen molar-refractivity contribution >= 4 is 5.78 Å². The number of carbonyl (C=O) groups is 1. The van der Waals surface area contributed by atoms with E-state index in [1.54, 1.807) is 13.2 Å². The highest BCUT2D eigenvalue weighted by atomic mass is 16.5. The molecule has 0 amide bonds. The Morgan fingerprint density at radius 3 is 2.60 bits per heavy atom. The fourth-order valence-corrected chi connectivity index (χ4v) is 3.84. The number of ether oxygens (including phenoxy) is 2. The van der Waals surface area contributed by atoms with Crippen molar-refractivity contribution in [1.82, 2.24) is 4.90 Å². The molecule has 4 heteroatoms. The highest BCUT2D eigenvalue weighted by Gasteiger charge is 2.42. The zero-order valence-corrected chi connectivity index (χ0v) is 14.5. The van der Waals surface area contributed by atoms with Crippen LogP contribution >= 0.6 is 0 Å². The molecule has 2 aliphatic heterocycles. The summed E-state index contributed by atoms with van der Waals surface area (Å²) in [6.07, 6.45) is 2.24. The fourth-order valence-electron chi connectivity index (χ4n) is 3.84. The molecule has 2 aromatic carbocycles. The summed E-state index contributed by atoms with van der Waals surface area (Å²) in [7, 11) is 1.61. The summed E-state index contributed by atoms with van der Waals surface area (Å²) < 4.78 is 11.5. The third kappa shape index (κ3) is 3.27. The van der Waals surface area contributed by atoms with Crippen LogP contribution in [0.4, 0.5) is 0 Å². The predicted octanol–water partition coefficient (Wildman–Crippen LogP) is 3.70. The van der Waals surface area contributed by atoms with Crippen molar-refractivity contribution in [3.8, 4) is 11.5 Å². The number of benzene rings is 2. The van der Waals surface area contributed by atoms with Crippen LogP contribution in [0.5, 0.6) is 11.5 Å². The minimum Gasteiger partial charge on any atom is -0.497 e. The van der Waals surface area contributed by atoms with Crippen LogP contribution in [0.25, 0.3) is 0 Å². The normalized spacial score (nSPS) is 19.3. The van der Waals surface area contributed by atoms with Gasteiger partial charge in [0.1, 0.15) is 17.1 Å². The summed E-state index contributed by atoms with van der Waals surface area (Å²) >= 11 is 0. The molecule has 2 heterocycles. The first kappa shape index (κ1) is 16.2. The van der Waals surface area contributed by atoms with Crippen LogP contribution in [0, 0.1) is 0 Å². The van der Waals surface area contributed by atoms with E-state index in [0.717, 1.165) is 32.5 Å². The van der Waals surface area contributed by atoms with Crippen molar-refractivity contribution in [2.45, 2.75) is 31.4 Å². The summed E-state index contributed by atoms with van der Waals surface area (Å²) in [6, 6.07) is 16.0. The number of nitrogens with zero attached hydrogens (tertiary/aromatic N) is 1. The molecule has 1 spiro atoms. The standard InChI is InChI=1S/C21H23NO3/c1-24-17-7-8-20-18(13-17)19(23)14-21(25-20)9-11-22(12-10-21)15-16-5-3-2-4-6-16/h2-8,13H,9-12,14-15H2,1H3. The van der Waals surface area contributed by atoms with E-state index in [1.807, 2.05) is 18.2 Å². The molecular weight excluding hydrogens is 314 g/mol. The number of carbonyl (C=O) groups excluding carboxylic acids is 1. The van der Waals surface area contributed by atoms with Crippen LogP contribution in [0.2, 0.25) is 0 Å². The van der Waals surface area contributed by atoms with Crippen LogP contribution in [0.3, 0.4) is 0 Å². The van der Waals surface area contributed by atoms with Gasteiger partial charge < -0.3 is 9.47 Å². The quantitative estimate of drug-likeness (QED) is 0.856. The van der Waals surface area contributed by atoms with Gasteiger partial charge in [0.2, 0.25) is 0 Å². The lowest BCUT2D eigenvalue weighted by Gasteiger charge is -2.44. The summed E-state index contributed by atoms with van der Waals surface area (Å²) in [5.41, 5.74) is 1.64. The minimum atomic E-state index is -0.341. The number of Topliss-reactive ketones (excluding diaryl/α,β-unsaturated/α-hetero) is 1. The molecule has 1 saturated heterocycles. The van der Waals surface area contributed by atoms with Crippen molar-refractivity contribution in [3.63, 3.8) is 0 Å². The molecule has 0 saturated carbocycles. The zero-order chi connectivity index (χ0) is 17.3. The zero-order valence-electron chi connectivity index (χ0n) is 14.5. The van der Waals surface area contributed by atoms with Gasteiger partial charge in [-0.05, 0) is 23.8 Å². The van der Waals surface area contributed by atoms with E-state index < -0.39 is 0 Å². The summed E-state index contributed by atoms with van der Waals surface area (Å²) in [4.78, 5) is 15.1. The molecule has 1 fully saturated rings. The van der Waals surface area contributed by atoms with Gasteiger partial charge in [-0.15, -0.1) is 0 Å². The summed E-state index contributed by atoms with van der Waals surface area (Å²) in [5, 5.41) is 0. The van der Waals surface area contributed by atoms with E-state index in [4.69, 9.17) is 9.47 Å². The number of ketones is 1. The SMILES string of the molecule is COc1ccc2c(c1)C(=O)CC1(CCN(Cc3ccccc3)CC1)O2. The maximum absolute atomic E-state index is 12.7. The largest absolute Gasteiger partial charge is 0.497 e. The maximum Gasteiger partial charge on any atom is 0.170 e. The van der Waals surface area contributed by atoms with Gasteiger partial charge in [0, 0.05) is 32.5 Å². The van der Waals surface area contributed by atoms with Crippen LogP contribution in [-0.2, 0) is 6.54 Å². The molecule has 4 rings (SSSR count). The molecule has 2 aliphatic rings. The van der Waals surface area contributed by atoms with E-state index >= 15 is 0 Å². The van der Waals surface area contributed by atoms with E-state index in [1.165, 1.54) is 5.56 Å². The lowest BCUT2D eigenvalue weighted by Crippen LogP contribution is -2.50. The highest BCUT2D eigenvalue weighted by molar-refractivity contribution is 6.00. The van der Waals surface area contributed by atoms with E-state index in [-0.39, 0.29) is 11.4 Å². The minimum absolute atomic E-state index is 0.164. The molecule has 0 aromatic heterocycles. The van der Waals surface area contributed by atoms with Crippen molar-refractivity contribution in [1.29, 1.82) is 0 Å². The van der Waals surface area contributed by atoms with Gasteiger partial charge in [0.25, 0.3) is 0 Å². The number of likely N-dealkylation sites (tertiary alicyclic amines) is 1. The molecular formula is C21H23NO3. The Kier molecular flexibility index (Phi) is 4.22. The van der Waals surface area contributed by atoms with Crippen molar-refractivity contribution < 1.29 is 14.3 Å². The monoisotopic (exact) mass is 337 g/mol. The second-order valence-electron chi connectivity index (χ2n) is 7.01. The molecule has 0 unspecified atom stereocenters. The van der Waals surface area contributed by atoms with Gasteiger partial charge in [-0.1, -0.05) is 30.3 Å². The molecule has 0 atom stereocenters. The third-order valence-corrected chi connectivity index (χ3v) is 5.31. The first-order valence-electron chi connectivity index (χ1n) is 8.84. The van der Waals surface area contributed by atoms with E-state index in [9.17, 15) is 4.79 Å². The molecule has 25 heavy (non-hydrogen) atoms. The third-order valence-electron chi connectivity index (χ3n) is 5.31. The average Bonchev–Trinajstić information content (AvgIpc) is 2.64. The molecule has 0 N–H and O–H groups in total. The number of methoxy groups -OCH3 is 1. The fraction of sp³-hybridized carbons (Fsp3) is 0.381. The second-order valence-corrected chi connectivity index (χ2v) is 7.01. The Bertz CT molecular complexity index is 764. The van der Waals surface area contributed by atoms with Crippen LogP contribution in [0.1, 0.15) is 35.2 Å². The number of rotatable bonds is 3. The van der Waals surface area contributed by atoms with E-state index in [0.29, 0.717) is 23.5 Å². The first-order chi connectivity index (χ1) is 12.2. The molecule has 2 aromatic rings. The van der Waals surface area contributed by atoms with Gasteiger partial charge in [0.15, 0.2) is 5.78 Å². The molecule has 4 nitrogen and oxygen atoms in total. The number of piperidine rings is 1. The Labute approximate surface area is 148 Å². The van der Waals surface area contributed by atoms with Crippen LogP contribution < -0.4 is 9.47 Å². The lowest BCUT2D eigenvalue weighted by molar-refractivity contribution is -0.0108. The molecule has 0 radical (unpaired) electrons. The number of fused-ring (bicyclic) bond motifs is 1. The van der Waals surface area contributed by atoms with Crippen LogP contribution in [-0.4, -0.2) is 36.5 Å². The van der Waals surface area contributed by atoms with Crippen molar-refractivity contribution in [3.05, 3.63) is 59.7 Å². The van der Waals surface area contributed by atoms with Crippen molar-refractivity contribution in [2.24, 2.45) is 0 Å². The van der Waals surface area contributed by atoms with Crippen molar-refractivity contribution in [2.75, 3.05) is 20.2 Å². The number of hydrogen-bond donors (Lipinski definition) is 0. The predicted molar refractivity (Wildman–Crippen MR) is 96.3 cm³/mol. The summed E-state index contributed by atoms with van der Waals surface area (Å²) in [6.45, 7) is 2.86. The van der Waals surface area contributed by atoms with Gasteiger partial charge in [0.05, 0.1) is 19.1 Å². The Hall–Kier alpha value is -2.33. The maximum atomic E-state index is 12.7. The number of hydrogen-bond acceptors (Lipinski definition) is 4. The van der Waals surface area contributed by atoms with Gasteiger partial charge >= 0.3 is 0 Å². The summed E-state index contributed by atoms with van der Waals surface area (Å²) in [5.74, 6) is 1.56. The van der Waals surface area contributed by atoms with Gasteiger partial charge in [-0.3, -0.25) is 9.69 Å². The second kappa shape index (κ2) is 6.52. The topological polar surface area (TPSA) is 38.8 Å². The van der Waals surface area contributed by atoms with Crippen LogP contribution in [0.15, 0.2) is 48.5 Å². The highest BCUT2D eigenvalue weighted by Crippen LogP contribution is 2.40. The Morgan fingerprint density at radius 1 is 1.12 bits per heavy atom. The molecule has 0 aliphatic carbocycles. The van der Waals surface area contributed by atoms with Gasteiger partial charge in [-0.25, -0.2) is 0 Å². The molecule has 0 bridgehead atoms. The Morgan fingerprint density at radius 2 is 1.88 bits per heavy atom. The van der Waals surface area contributed by atoms with E-state index in [2.05, 4.69) is 29.2 Å². The Balaban J connectivity index is 1.45. The van der Waals surface area contributed by atoms with Gasteiger partial charge in [-0.2, -0.15) is 0 Å². The average molecular weight is 337 g/mol. The lowest BCUT2D eigenvalue weighted by atomic mass is 9.82.